The maximum absolute atomic E-state index is 5.78. The fourth-order valence-corrected chi connectivity index (χ4v) is 3.58. The zero-order valence-corrected chi connectivity index (χ0v) is 16.8. The van der Waals surface area contributed by atoms with Crippen LogP contribution in [0.2, 0.25) is 0 Å². The molecule has 0 aliphatic carbocycles. The van der Waals surface area contributed by atoms with Gasteiger partial charge >= 0.3 is 0 Å². The number of rotatable bonds is 10. The third kappa shape index (κ3) is 5.76. The van der Waals surface area contributed by atoms with Crippen LogP contribution in [0.4, 0.5) is 0 Å². The van der Waals surface area contributed by atoms with Crippen LogP contribution in [-0.4, -0.2) is 64.6 Å². The van der Waals surface area contributed by atoms with Gasteiger partial charge in [-0.25, -0.2) is 0 Å². The molecule has 1 N–H and O–H groups in total. The third-order valence-electron chi connectivity index (χ3n) is 4.67. The first-order valence-electron chi connectivity index (χ1n) is 9.45. The number of morpholine rings is 1. The summed E-state index contributed by atoms with van der Waals surface area (Å²) in [5, 5.41) is 3.50. The summed E-state index contributed by atoms with van der Waals surface area (Å²) in [5.41, 5.74) is 1.07. The third-order valence-corrected chi connectivity index (χ3v) is 4.67. The average Bonchev–Trinajstić information content (AvgIpc) is 2.62. The van der Waals surface area contributed by atoms with E-state index in [9.17, 15) is 0 Å². The smallest absolute Gasteiger partial charge is 0.203 e. The van der Waals surface area contributed by atoms with Gasteiger partial charge in [-0.15, -0.1) is 0 Å². The highest BCUT2D eigenvalue weighted by atomic mass is 16.5. The maximum Gasteiger partial charge on any atom is 0.203 e. The van der Waals surface area contributed by atoms with Crippen molar-refractivity contribution in [1.29, 1.82) is 0 Å². The quantitative estimate of drug-likeness (QED) is 0.643. The molecular weight excluding hydrogens is 332 g/mol. The zero-order chi connectivity index (χ0) is 18.9. The Kier molecular flexibility index (Phi) is 8.48. The van der Waals surface area contributed by atoms with Gasteiger partial charge in [-0.3, -0.25) is 4.90 Å². The summed E-state index contributed by atoms with van der Waals surface area (Å²) in [4.78, 5) is 2.51. The van der Waals surface area contributed by atoms with E-state index in [4.69, 9.17) is 18.9 Å². The standard InChI is InChI=1S/C20H34N2O4/c1-15-13-22(14-16(2)26-15)11-7-6-10-21-12-17-8-9-18(23-3)20(25-5)19(17)24-4/h8-9,15-16,21H,6-7,10-14H2,1-5H3. The highest BCUT2D eigenvalue weighted by Gasteiger charge is 2.21. The number of nitrogens with one attached hydrogen (secondary N) is 1. The molecule has 2 rings (SSSR count). The van der Waals surface area contributed by atoms with Gasteiger partial charge < -0.3 is 24.3 Å². The van der Waals surface area contributed by atoms with Crippen molar-refractivity contribution in [3.05, 3.63) is 17.7 Å². The van der Waals surface area contributed by atoms with E-state index in [1.54, 1.807) is 21.3 Å². The van der Waals surface area contributed by atoms with Crippen molar-refractivity contribution < 1.29 is 18.9 Å². The van der Waals surface area contributed by atoms with Gasteiger partial charge in [-0.1, -0.05) is 6.07 Å². The lowest BCUT2D eigenvalue weighted by molar-refractivity contribution is -0.0681. The van der Waals surface area contributed by atoms with Crippen LogP contribution in [0.1, 0.15) is 32.3 Å². The number of hydrogen-bond donors (Lipinski definition) is 1. The Morgan fingerprint density at radius 3 is 2.31 bits per heavy atom. The minimum atomic E-state index is 0.342. The van der Waals surface area contributed by atoms with Gasteiger partial charge in [0, 0.05) is 25.2 Å². The van der Waals surface area contributed by atoms with Gasteiger partial charge in [0.1, 0.15) is 0 Å². The molecule has 0 radical (unpaired) electrons. The first kappa shape index (κ1) is 20.8. The van der Waals surface area contributed by atoms with Crippen LogP contribution in [0.15, 0.2) is 12.1 Å². The second-order valence-electron chi connectivity index (χ2n) is 6.89. The summed E-state index contributed by atoms with van der Waals surface area (Å²) in [7, 11) is 4.92. The minimum absolute atomic E-state index is 0.342. The molecule has 2 atom stereocenters. The van der Waals surface area contributed by atoms with Crippen LogP contribution < -0.4 is 19.5 Å². The number of benzene rings is 1. The minimum Gasteiger partial charge on any atom is -0.493 e. The Balaban J connectivity index is 1.73. The van der Waals surface area contributed by atoms with E-state index in [1.165, 1.54) is 6.42 Å². The molecule has 148 valence electrons. The summed E-state index contributed by atoms with van der Waals surface area (Å²) in [6, 6.07) is 3.93. The van der Waals surface area contributed by atoms with Crippen LogP contribution in [0.3, 0.4) is 0 Å². The van der Waals surface area contributed by atoms with E-state index in [2.05, 4.69) is 24.1 Å². The zero-order valence-electron chi connectivity index (χ0n) is 16.8. The molecule has 1 aromatic carbocycles. The van der Waals surface area contributed by atoms with E-state index < -0.39 is 0 Å². The van der Waals surface area contributed by atoms with Crippen LogP contribution in [0.5, 0.6) is 17.2 Å². The molecule has 2 unspecified atom stereocenters. The van der Waals surface area contributed by atoms with Crippen LogP contribution in [0, 0.1) is 0 Å². The molecule has 1 saturated heterocycles. The molecule has 0 bridgehead atoms. The lowest BCUT2D eigenvalue weighted by atomic mass is 10.1. The molecule has 0 saturated carbocycles. The molecule has 26 heavy (non-hydrogen) atoms. The summed E-state index contributed by atoms with van der Waals surface area (Å²) < 4.78 is 22.1. The van der Waals surface area contributed by atoms with Crippen molar-refractivity contribution in [3.8, 4) is 17.2 Å². The van der Waals surface area contributed by atoms with Gasteiger partial charge in [0.2, 0.25) is 5.75 Å². The van der Waals surface area contributed by atoms with Crippen molar-refractivity contribution in [2.75, 3.05) is 47.5 Å². The highest BCUT2D eigenvalue weighted by Crippen LogP contribution is 2.39. The van der Waals surface area contributed by atoms with E-state index >= 15 is 0 Å². The predicted octanol–water partition coefficient (Wildman–Crippen LogP) is 2.69. The largest absolute Gasteiger partial charge is 0.493 e. The Hall–Kier alpha value is -1.50. The lowest BCUT2D eigenvalue weighted by Gasteiger charge is -2.35. The Morgan fingerprint density at radius 1 is 1.00 bits per heavy atom. The number of ether oxygens (including phenoxy) is 4. The van der Waals surface area contributed by atoms with Gasteiger partial charge in [0.15, 0.2) is 11.5 Å². The molecule has 0 aromatic heterocycles. The van der Waals surface area contributed by atoms with Gasteiger partial charge in [0.25, 0.3) is 0 Å². The maximum atomic E-state index is 5.78. The number of methoxy groups -OCH3 is 3. The fraction of sp³-hybridized carbons (Fsp3) is 0.700. The lowest BCUT2D eigenvalue weighted by Crippen LogP contribution is -2.45. The Labute approximate surface area is 157 Å². The molecule has 1 aliphatic heterocycles. The van der Waals surface area contributed by atoms with Crippen molar-refractivity contribution in [2.45, 2.75) is 45.4 Å². The highest BCUT2D eigenvalue weighted by molar-refractivity contribution is 5.55. The van der Waals surface area contributed by atoms with Crippen LogP contribution in [0.25, 0.3) is 0 Å². The van der Waals surface area contributed by atoms with Crippen molar-refractivity contribution in [2.24, 2.45) is 0 Å². The predicted molar refractivity (Wildman–Crippen MR) is 103 cm³/mol. The average molecular weight is 367 g/mol. The first-order valence-corrected chi connectivity index (χ1v) is 9.45. The van der Waals surface area contributed by atoms with E-state index in [1.807, 2.05) is 12.1 Å². The van der Waals surface area contributed by atoms with Crippen LogP contribution in [-0.2, 0) is 11.3 Å². The van der Waals surface area contributed by atoms with Crippen molar-refractivity contribution >= 4 is 0 Å². The molecule has 1 aromatic rings. The molecule has 6 heteroatoms. The topological polar surface area (TPSA) is 52.2 Å². The monoisotopic (exact) mass is 366 g/mol. The molecule has 6 nitrogen and oxygen atoms in total. The first-order chi connectivity index (χ1) is 12.6. The molecule has 0 spiro atoms. The summed E-state index contributed by atoms with van der Waals surface area (Å²) in [6.07, 6.45) is 3.02. The summed E-state index contributed by atoms with van der Waals surface area (Å²) >= 11 is 0. The second-order valence-corrected chi connectivity index (χ2v) is 6.89. The van der Waals surface area contributed by atoms with E-state index in [-0.39, 0.29) is 0 Å². The summed E-state index contributed by atoms with van der Waals surface area (Å²) in [5.74, 6) is 2.06. The number of nitrogens with zero attached hydrogens (tertiary/aromatic N) is 1. The fourth-order valence-electron chi connectivity index (χ4n) is 3.58. The second kappa shape index (κ2) is 10.6. The van der Waals surface area contributed by atoms with Crippen molar-refractivity contribution in [1.82, 2.24) is 10.2 Å². The van der Waals surface area contributed by atoms with E-state index in [0.29, 0.717) is 23.7 Å². The Morgan fingerprint density at radius 2 is 1.69 bits per heavy atom. The van der Waals surface area contributed by atoms with Crippen molar-refractivity contribution in [3.63, 3.8) is 0 Å². The van der Waals surface area contributed by atoms with E-state index in [0.717, 1.165) is 50.5 Å². The summed E-state index contributed by atoms with van der Waals surface area (Å²) in [6.45, 7) is 9.25. The number of unbranched alkanes of at least 4 members (excludes halogenated alkanes) is 1. The van der Waals surface area contributed by atoms with Gasteiger partial charge in [0.05, 0.1) is 33.5 Å². The SMILES string of the molecule is COc1ccc(CNCCCCN2CC(C)OC(C)C2)c(OC)c1OC. The molecule has 0 amide bonds. The normalized spacial score (nSPS) is 20.8. The number of hydrogen-bond acceptors (Lipinski definition) is 6. The van der Waals surface area contributed by atoms with Gasteiger partial charge in [-0.05, 0) is 45.8 Å². The molecule has 1 fully saturated rings. The van der Waals surface area contributed by atoms with Crippen LogP contribution >= 0.6 is 0 Å². The Bertz CT molecular complexity index is 543. The molecular formula is C20H34N2O4. The van der Waals surface area contributed by atoms with Gasteiger partial charge in [-0.2, -0.15) is 0 Å². The molecule has 1 aliphatic rings. The molecule has 1 heterocycles.